The van der Waals surface area contributed by atoms with E-state index in [9.17, 15) is 4.79 Å². The van der Waals surface area contributed by atoms with Crippen molar-refractivity contribution in [2.45, 2.75) is 39.3 Å². The molecule has 1 aliphatic rings. The van der Waals surface area contributed by atoms with Crippen molar-refractivity contribution in [3.05, 3.63) is 35.4 Å². The predicted octanol–water partition coefficient (Wildman–Crippen LogP) is 2.93. The molecule has 2 atom stereocenters. The van der Waals surface area contributed by atoms with Crippen LogP contribution in [0.5, 0.6) is 0 Å². The molecule has 1 aromatic carbocycles. The highest BCUT2D eigenvalue weighted by Crippen LogP contribution is 2.24. The van der Waals surface area contributed by atoms with Crippen LogP contribution in [0.25, 0.3) is 0 Å². The van der Waals surface area contributed by atoms with E-state index < -0.39 is 5.97 Å². The van der Waals surface area contributed by atoms with Gasteiger partial charge in [-0.1, -0.05) is 26.0 Å². The molecule has 1 heterocycles. The summed E-state index contributed by atoms with van der Waals surface area (Å²) in [5, 5.41) is 12.3. The van der Waals surface area contributed by atoms with E-state index >= 15 is 0 Å². The fourth-order valence-corrected chi connectivity index (χ4v) is 2.74. The minimum absolute atomic E-state index is 0.336. The van der Waals surface area contributed by atoms with Gasteiger partial charge in [-0.25, -0.2) is 4.79 Å². The lowest BCUT2D eigenvalue weighted by Gasteiger charge is -2.32. The lowest BCUT2D eigenvalue weighted by atomic mass is 9.90. The average molecular weight is 291 g/mol. The molecule has 0 aromatic heterocycles. The molecule has 0 unspecified atom stereocenters. The van der Waals surface area contributed by atoms with Gasteiger partial charge < -0.3 is 15.2 Å². The standard InChI is InChI=1S/C17H25NO3/c1-12(2)16-9-14(7-8-21-16)11-18-10-13-3-5-15(6-4-13)17(19)20/h3-6,12,14,16,18H,7-11H2,1-2H3,(H,19,20)/t14-,16+/m1/s1. The summed E-state index contributed by atoms with van der Waals surface area (Å²) < 4.78 is 5.79. The van der Waals surface area contributed by atoms with Crippen molar-refractivity contribution in [3.8, 4) is 0 Å². The monoisotopic (exact) mass is 291 g/mol. The normalized spacial score (nSPS) is 22.4. The Balaban J connectivity index is 1.75. The van der Waals surface area contributed by atoms with Crippen LogP contribution in [-0.2, 0) is 11.3 Å². The van der Waals surface area contributed by atoms with Crippen LogP contribution in [-0.4, -0.2) is 30.3 Å². The number of hydrogen-bond acceptors (Lipinski definition) is 3. The molecule has 0 bridgehead atoms. The van der Waals surface area contributed by atoms with Crippen LogP contribution in [0.1, 0.15) is 42.6 Å². The molecule has 116 valence electrons. The number of carboxylic acids is 1. The number of rotatable bonds is 6. The quantitative estimate of drug-likeness (QED) is 0.846. The number of hydrogen-bond donors (Lipinski definition) is 2. The van der Waals surface area contributed by atoms with Crippen LogP contribution < -0.4 is 5.32 Å². The third kappa shape index (κ3) is 4.83. The molecule has 0 spiro atoms. The first-order chi connectivity index (χ1) is 10.1. The summed E-state index contributed by atoms with van der Waals surface area (Å²) in [4.78, 5) is 10.8. The third-order valence-corrected chi connectivity index (χ3v) is 4.13. The van der Waals surface area contributed by atoms with Crippen molar-refractivity contribution in [3.63, 3.8) is 0 Å². The summed E-state index contributed by atoms with van der Waals surface area (Å²) in [5.74, 6) is 0.372. The smallest absolute Gasteiger partial charge is 0.335 e. The zero-order chi connectivity index (χ0) is 15.2. The maximum absolute atomic E-state index is 10.8. The van der Waals surface area contributed by atoms with Crippen LogP contribution in [0.15, 0.2) is 24.3 Å². The highest BCUT2D eigenvalue weighted by atomic mass is 16.5. The Kier molecular flexibility index (Phi) is 5.76. The number of carboxylic acid groups (broad SMARTS) is 1. The van der Waals surface area contributed by atoms with Crippen molar-refractivity contribution in [2.75, 3.05) is 13.2 Å². The van der Waals surface area contributed by atoms with Gasteiger partial charge in [-0.3, -0.25) is 0 Å². The highest BCUT2D eigenvalue weighted by Gasteiger charge is 2.24. The molecule has 0 aliphatic carbocycles. The van der Waals surface area contributed by atoms with Gasteiger partial charge in [-0.2, -0.15) is 0 Å². The van der Waals surface area contributed by atoms with E-state index in [1.54, 1.807) is 12.1 Å². The minimum atomic E-state index is -0.878. The van der Waals surface area contributed by atoms with Gasteiger partial charge in [0.05, 0.1) is 11.7 Å². The Hall–Kier alpha value is -1.39. The molecule has 1 saturated heterocycles. The highest BCUT2D eigenvalue weighted by molar-refractivity contribution is 5.87. The fraction of sp³-hybridized carbons (Fsp3) is 0.588. The maximum Gasteiger partial charge on any atom is 0.335 e. The Morgan fingerprint density at radius 3 is 2.71 bits per heavy atom. The van der Waals surface area contributed by atoms with Crippen LogP contribution >= 0.6 is 0 Å². The molecule has 1 fully saturated rings. The number of aromatic carboxylic acids is 1. The largest absolute Gasteiger partial charge is 0.478 e. The van der Waals surface area contributed by atoms with Gasteiger partial charge in [0.2, 0.25) is 0 Å². The average Bonchev–Trinajstić information content (AvgIpc) is 2.48. The van der Waals surface area contributed by atoms with Gasteiger partial charge in [-0.05, 0) is 48.9 Å². The number of carbonyl (C=O) groups is 1. The molecule has 2 rings (SSSR count). The summed E-state index contributed by atoms with van der Waals surface area (Å²) >= 11 is 0. The number of ether oxygens (including phenoxy) is 1. The molecule has 0 amide bonds. The van der Waals surface area contributed by atoms with E-state index in [-0.39, 0.29) is 0 Å². The molecule has 1 aromatic rings. The molecule has 0 saturated carbocycles. The van der Waals surface area contributed by atoms with E-state index in [0.29, 0.717) is 23.5 Å². The number of benzene rings is 1. The summed E-state index contributed by atoms with van der Waals surface area (Å²) in [7, 11) is 0. The zero-order valence-electron chi connectivity index (χ0n) is 12.8. The topological polar surface area (TPSA) is 58.6 Å². The zero-order valence-corrected chi connectivity index (χ0v) is 12.8. The summed E-state index contributed by atoms with van der Waals surface area (Å²) in [6, 6.07) is 7.06. The Labute approximate surface area is 126 Å². The van der Waals surface area contributed by atoms with Crippen molar-refractivity contribution < 1.29 is 14.6 Å². The first-order valence-electron chi connectivity index (χ1n) is 7.71. The van der Waals surface area contributed by atoms with E-state index in [2.05, 4.69) is 19.2 Å². The van der Waals surface area contributed by atoms with Crippen molar-refractivity contribution in [2.24, 2.45) is 11.8 Å². The van der Waals surface area contributed by atoms with Gasteiger partial charge in [0.25, 0.3) is 0 Å². The van der Waals surface area contributed by atoms with Crippen LogP contribution in [0.2, 0.25) is 0 Å². The molecular formula is C17H25NO3. The Bertz CT molecular complexity index is 456. The van der Waals surface area contributed by atoms with Crippen molar-refractivity contribution >= 4 is 5.97 Å². The summed E-state index contributed by atoms with van der Waals surface area (Å²) in [5.41, 5.74) is 1.45. The van der Waals surface area contributed by atoms with Gasteiger partial charge in [0.15, 0.2) is 0 Å². The molecule has 4 nitrogen and oxygen atoms in total. The Morgan fingerprint density at radius 2 is 2.10 bits per heavy atom. The van der Waals surface area contributed by atoms with Gasteiger partial charge in [-0.15, -0.1) is 0 Å². The fourth-order valence-electron chi connectivity index (χ4n) is 2.74. The third-order valence-electron chi connectivity index (χ3n) is 4.13. The Morgan fingerprint density at radius 1 is 1.38 bits per heavy atom. The van der Waals surface area contributed by atoms with E-state index in [1.165, 1.54) is 0 Å². The van der Waals surface area contributed by atoms with Crippen LogP contribution in [0.4, 0.5) is 0 Å². The second-order valence-corrected chi connectivity index (χ2v) is 6.18. The van der Waals surface area contributed by atoms with E-state index in [4.69, 9.17) is 9.84 Å². The number of nitrogens with one attached hydrogen (secondary N) is 1. The first-order valence-corrected chi connectivity index (χ1v) is 7.71. The lowest BCUT2D eigenvalue weighted by Crippen LogP contribution is -2.34. The lowest BCUT2D eigenvalue weighted by molar-refractivity contribution is -0.0336. The molecule has 1 aliphatic heterocycles. The van der Waals surface area contributed by atoms with Crippen molar-refractivity contribution in [1.29, 1.82) is 0 Å². The molecule has 4 heteroatoms. The van der Waals surface area contributed by atoms with Crippen molar-refractivity contribution in [1.82, 2.24) is 5.32 Å². The second kappa shape index (κ2) is 7.57. The minimum Gasteiger partial charge on any atom is -0.478 e. The molecular weight excluding hydrogens is 266 g/mol. The summed E-state index contributed by atoms with van der Waals surface area (Å²) in [6.07, 6.45) is 2.64. The summed E-state index contributed by atoms with van der Waals surface area (Å²) in [6.45, 7) is 7.06. The van der Waals surface area contributed by atoms with E-state index in [0.717, 1.165) is 38.1 Å². The second-order valence-electron chi connectivity index (χ2n) is 6.18. The van der Waals surface area contributed by atoms with Crippen LogP contribution in [0.3, 0.4) is 0 Å². The SMILES string of the molecule is CC(C)[C@@H]1C[C@H](CNCc2ccc(C(=O)O)cc2)CCO1. The molecule has 0 radical (unpaired) electrons. The maximum atomic E-state index is 10.8. The molecule has 21 heavy (non-hydrogen) atoms. The first kappa shape index (κ1) is 16.0. The van der Waals surface area contributed by atoms with Gasteiger partial charge in [0.1, 0.15) is 0 Å². The van der Waals surface area contributed by atoms with Gasteiger partial charge in [0, 0.05) is 13.2 Å². The van der Waals surface area contributed by atoms with Crippen LogP contribution in [0, 0.1) is 11.8 Å². The predicted molar refractivity (Wildman–Crippen MR) is 82.4 cm³/mol. The molecule has 2 N–H and O–H groups in total. The van der Waals surface area contributed by atoms with E-state index in [1.807, 2.05) is 12.1 Å². The van der Waals surface area contributed by atoms with Gasteiger partial charge >= 0.3 is 5.97 Å².